The number of anilines is 1. The van der Waals surface area contributed by atoms with Crippen molar-refractivity contribution in [2.45, 2.75) is 11.3 Å². The van der Waals surface area contributed by atoms with Crippen molar-refractivity contribution in [2.24, 2.45) is 0 Å². The zero-order valence-corrected chi connectivity index (χ0v) is 12.8. The summed E-state index contributed by atoms with van der Waals surface area (Å²) in [6, 6.07) is 2.78. The lowest BCUT2D eigenvalue weighted by molar-refractivity contribution is -0.140. The van der Waals surface area contributed by atoms with Crippen LogP contribution in [0.15, 0.2) is 23.2 Å². The third-order valence-electron chi connectivity index (χ3n) is 2.73. The number of hydrogen-bond acceptors (Lipinski definition) is 7. The maximum Gasteiger partial charge on any atom is 0.306 e. The fraction of sp³-hybridized carbons (Fsp3) is 0.500. The van der Waals surface area contributed by atoms with Crippen LogP contribution in [0.3, 0.4) is 0 Å². The molecule has 0 amide bonds. The minimum Gasteiger partial charge on any atom is -0.469 e. The van der Waals surface area contributed by atoms with Crippen LogP contribution in [0.2, 0.25) is 0 Å². The van der Waals surface area contributed by atoms with Crippen LogP contribution in [-0.2, 0) is 24.3 Å². The fourth-order valence-electron chi connectivity index (χ4n) is 1.56. The molecule has 0 spiro atoms. The molecule has 0 unspecified atom stereocenters. The second kappa shape index (κ2) is 7.91. The number of nitrogens with zero attached hydrogens (tertiary/aromatic N) is 2. The van der Waals surface area contributed by atoms with E-state index in [-0.39, 0.29) is 36.8 Å². The van der Waals surface area contributed by atoms with E-state index in [1.807, 2.05) is 0 Å². The summed E-state index contributed by atoms with van der Waals surface area (Å²) in [7, 11) is -1.05. The van der Waals surface area contributed by atoms with Crippen molar-refractivity contribution in [1.29, 1.82) is 0 Å². The first-order valence-corrected chi connectivity index (χ1v) is 7.63. The third kappa shape index (κ3) is 4.96. The lowest BCUT2D eigenvalue weighted by Gasteiger charge is -2.21. The second-order valence-corrected chi connectivity index (χ2v) is 6.08. The van der Waals surface area contributed by atoms with Crippen molar-refractivity contribution < 1.29 is 22.7 Å². The van der Waals surface area contributed by atoms with Crippen molar-refractivity contribution in [3.05, 3.63) is 18.3 Å². The number of hydrogen-bond donors (Lipinski definition) is 1. The number of pyridine rings is 1. The van der Waals surface area contributed by atoms with Crippen LogP contribution in [-0.4, -0.2) is 57.6 Å². The van der Waals surface area contributed by atoms with Gasteiger partial charge in [0.1, 0.15) is 10.7 Å². The van der Waals surface area contributed by atoms with Gasteiger partial charge in [-0.25, -0.2) is 13.4 Å². The van der Waals surface area contributed by atoms with Crippen molar-refractivity contribution in [3.8, 4) is 0 Å². The molecule has 1 rings (SSSR count). The number of sulfonamides is 1. The van der Waals surface area contributed by atoms with Crippen molar-refractivity contribution in [1.82, 2.24) is 9.29 Å². The van der Waals surface area contributed by atoms with Gasteiger partial charge in [-0.05, 0) is 12.1 Å². The highest BCUT2D eigenvalue weighted by molar-refractivity contribution is 7.89. The number of aromatic nitrogens is 1. The molecule has 1 aromatic rings. The summed E-state index contributed by atoms with van der Waals surface area (Å²) in [5, 5.41) is 0. The maximum atomic E-state index is 12.5. The number of rotatable bonds is 8. The molecule has 0 fully saturated rings. The highest BCUT2D eigenvalue weighted by Gasteiger charge is 2.25. The van der Waals surface area contributed by atoms with E-state index >= 15 is 0 Å². The Hall–Kier alpha value is -1.71. The molecule has 1 aromatic heterocycles. The van der Waals surface area contributed by atoms with E-state index in [2.05, 4.69) is 9.72 Å². The van der Waals surface area contributed by atoms with Crippen LogP contribution in [0.4, 0.5) is 5.82 Å². The van der Waals surface area contributed by atoms with Gasteiger partial charge in [0.2, 0.25) is 10.0 Å². The van der Waals surface area contributed by atoms with E-state index in [9.17, 15) is 13.2 Å². The Morgan fingerprint density at radius 3 is 2.57 bits per heavy atom. The van der Waals surface area contributed by atoms with Crippen molar-refractivity contribution in [2.75, 3.05) is 39.6 Å². The van der Waals surface area contributed by atoms with E-state index in [1.165, 1.54) is 32.5 Å². The largest absolute Gasteiger partial charge is 0.469 e. The monoisotopic (exact) mass is 317 g/mol. The smallest absolute Gasteiger partial charge is 0.306 e. The van der Waals surface area contributed by atoms with E-state index in [0.29, 0.717) is 0 Å². The third-order valence-corrected chi connectivity index (χ3v) is 4.62. The first-order valence-electron chi connectivity index (χ1n) is 6.19. The molecule has 8 nitrogen and oxygen atoms in total. The van der Waals surface area contributed by atoms with Gasteiger partial charge in [0.15, 0.2) is 0 Å². The molecule has 0 saturated heterocycles. The summed E-state index contributed by atoms with van der Waals surface area (Å²) in [5.74, 6) is -0.255. The molecule has 2 N–H and O–H groups in total. The van der Waals surface area contributed by atoms with E-state index in [1.54, 1.807) is 0 Å². The molecule has 118 valence electrons. The van der Waals surface area contributed by atoms with E-state index < -0.39 is 16.0 Å². The molecule has 1 heterocycles. The van der Waals surface area contributed by atoms with E-state index in [4.69, 9.17) is 10.5 Å². The van der Waals surface area contributed by atoms with Gasteiger partial charge < -0.3 is 15.2 Å². The second-order valence-electron chi connectivity index (χ2n) is 4.14. The average molecular weight is 317 g/mol. The Bertz CT molecular complexity index is 559. The molecule has 0 aromatic carbocycles. The van der Waals surface area contributed by atoms with Gasteiger partial charge in [0, 0.05) is 26.4 Å². The first-order chi connectivity index (χ1) is 9.91. The zero-order chi connectivity index (χ0) is 15.9. The van der Waals surface area contributed by atoms with Crippen LogP contribution in [0.1, 0.15) is 6.42 Å². The molecule has 0 saturated carbocycles. The molecule has 0 bridgehead atoms. The van der Waals surface area contributed by atoms with Gasteiger partial charge in [-0.2, -0.15) is 4.31 Å². The molecule has 0 aliphatic rings. The van der Waals surface area contributed by atoms with Crippen LogP contribution in [0.5, 0.6) is 0 Å². The first kappa shape index (κ1) is 17.3. The molecule has 0 aliphatic heterocycles. The van der Waals surface area contributed by atoms with Crippen LogP contribution >= 0.6 is 0 Å². The number of methoxy groups -OCH3 is 2. The molecular weight excluding hydrogens is 298 g/mol. The predicted molar refractivity (Wildman–Crippen MR) is 75.9 cm³/mol. The minimum atomic E-state index is -3.77. The molecule has 9 heteroatoms. The Kier molecular flexibility index (Phi) is 6.53. The number of esters is 1. The van der Waals surface area contributed by atoms with Gasteiger partial charge in [0.05, 0.1) is 20.1 Å². The number of carbonyl (C=O) groups is 1. The number of ether oxygens (including phenoxy) is 2. The Balaban J connectivity index is 2.93. The Labute approximate surface area is 123 Å². The standard InChI is InChI=1S/C12H19N3O5S/c1-19-8-7-15(6-5-12(16)20-2)21(17,18)10-3-4-11(13)14-9-10/h3-4,9H,5-8H2,1-2H3,(H2,13,14). The highest BCUT2D eigenvalue weighted by atomic mass is 32.2. The summed E-state index contributed by atoms with van der Waals surface area (Å²) in [5.41, 5.74) is 5.44. The maximum absolute atomic E-state index is 12.5. The van der Waals surface area contributed by atoms with Gasteiger partial charge in [0.25, 0.3) is 0 Å². The normalized spacial score (nSPS) is 11.6. The SMILES string of the molecule is COCCN(CCC(=O)OC)S(=O)(=O)c1ccc(N)nc1. The summed E-state index contributed by atoms with van der Waals surface area (Å²) >= 11 is 0. The van der Waals surface area contributed by atoms with Crippen molar-refractivity contribution in [3.63, 3.8) is 0 Å². The average Bonchev–Trinajstić information content (AvgIpc) is 2.47. The zero-order valence-electron chi connectivity index (χ0n) is 12.0. The minimum absolute atomic E-state index is 0.00272. The number of carbonyl (C=O) groups excluding carboxylic acids is 1. The lowest BCUT2D eigenvalue weighted by atomic mass is 10.4. The Morgan fingerprint density at radius 2 is 2.05 bits per heavy atom. The number of nitrogen functional groups attached to an aromatic ring is 1. The topological polar surface area (TPSA) is 112 Å². The fourth-order valence-corrected chi connectivity index (χ4v) is 2.93. The highest BCUT2D eigenvalue weighted by Crippen LogP contribution is 2.16. The predicted octanol–water partition coefficient (Wildman–Crippen LogP) is -0.136. The summed E-state index contributed by atoms with van der Waals surface area (Å²) < 4.78 is 35.5. The summed E-state index contributed by atoms with van der Waals surface area (Å²) in [6.07, 6.45) is 1.14. The van der Waals surface area contributed by atoms with Crippen LogP contribution < -0.4 is 5.73 Å². The molecular formula is C12H19N3O5S. The summed E-state index contributed by atoms with van der Waals surface area (Å²) in [4.78, 5) is 15.0. The van der Waals surface area contributed by atoms with Gasteiger partial charge in [-0.1, -0.05) is 0 Å². The van der Waals surface area contributed by atoms with Gasteiger partial charge >= 0.3 is 5.97 Å². The van der Waals surface area contributed by atoms with Crippen LogP contribution in [0.25, 0.3) is 0 Å². The molecule has 21 heavy (non-hydrogen) atoms. The summed E-state index contributed by atoms with van der Waals surface area (Å²) in [6.45, 7) is 0.339. The lowest BCUT2D eigenvalue weighted by Crippen LogP contribution is -2.35. The van der Waals surface area contributed by atoms with Crippen molar-refractivity contribution >= 4 is 21.8 Å². The van der Waals surface area contributed by atoms with Crippen LogP contribution in [0, 0.1) is 0 Å². The molecule has 0 aliphatic carbocycles. The quantitative estimate of drug-likeness (QED) is 0.664. The molecule has 0 radical (unpaired) electrons. The Morgan fingerprint density at radius 1 is 1.33 bits per heavy atom. The van der Waals surface area contributed by atoms with Gasteiger partial charge in [-0.3, -0.25) is 4.79 Å². The van der Waals surface area contributed by atoms with E-state index in [0.717, 1.165) is 4.31 Å². The number of nitrogens with two attached hydrogens (primary N) is 1. The molecule has 0 atom stereocenters. The van der Waals surface area contributed by atoms with Gasteiger partial charge in [-0.15, -0.1) is 0 Å².